The third-order valence-electron chi connectivity index (χ3n) is 8.20. The number of aromatic nitrogens is 4. The van der Waals surface area contributed by atoms with E-state index in [0.717, 1.165) is 52.6 Å². The smallest absolute Gasteiger partial charge is 0.254 e. The van der Waals surface area contributed by atoms with Crippen molar-refractivity contribution in [1.82, 2.24) is 23.5 Å². The Hall–Kier alpha value is -4.22. The predicted octanol–water partition coefficient (Wildman–Crippen LogP) is 3.97. The van der Waals surface area contributed by atoms with Gasteiger partial charge < -0.3 is 11.1 Å². The number of anilines is 1. The van der Waals surface area contributed by atoms with Crippen LogP contribution in [0, 0.1) is 6.92 Å². The van der Waals surface area contributed by atoms with Crippen LogP contribution in [0.15, 0.2) is 66.7 Å². The fraction of sp³-hybridized carbons (Fsp3) is 0.300. The maximum absolute atomic E-state index is 12.9. The Bertz CT molecular complexity index is 1910. The van der Waals surface area contributed by atoms with Crippen molar-refractivity contribution in [3.05, 3.63) is 89.2 Å². The van der Waals surface area contributed by atoms with E-state index >= 15 is 0 Å². The van der Waals surface area contributed by atoms with Crippen LogP contribution < -0.4 is 11.1 Å². The zero-order chi connectivity index (χ0) is 28.3. The second-order valence-corrected chi connectivity index (χ2v) is 13.2. The Morgan fingerprint density at radius 3 is 2.59 bits per heavy atom. The topological polar surface area (TPSA) is 128 Å². The summed E-state index contributed by atoms with van der Waals surface area (Å²) in [5.74, 6) is 0.631. The molecule has 3 aromatic heterocycles. The van der Waals surface area contributed by atoms with Gasteiger partial charge in [-0.05, 0) is 62.1 Å². The summed E-state index contributed by atoms with van der Waals surface area (Å²) in [5, 5.41) is 9.02. The summed E-state index contributed by atoms with van der Waals surface area (Å²) < 4.78 is 31.4. The highest BCUT2D eigenvalue weighted by atomic mass is 32.2. The summed E-state index contributed by atoms with van der Waals surface area (Å²) in [6, 6.07) is 21.5. The first-order valence-corrected chi connectivity index (χ1v) is 15.4. The van der Waals surface area contributed by atoms with Crippen molar-refractivity contribution < 1.29 is 13.2 Å². The van der Waals surface area contributed by atoms with Gasteiger partial charge in [0.15, 0.2) is 5.82 Å². The highest BCUT2D eigenvalue weighted by Crippen LogP contribution is 2.37. The molecule has 7 rings (SSSR count). The molecule has 10 nitrogen and oxygen atoms in total. The Labute approximate surface area is 237 Å². The van der Waals surface area contributed by atoms with Crippen LogP contribution in [-0.2, 0) is 16.6 Å². The molecule has 1 saturated carbocycles. The summed E-state index contributed by atoms with van der Waals surface area (Å²) in [6.45, 7) is 3.49. The van der Waals surface area contributed by atoms with E-state index < -0.39 is 15.9 Å². The lowest BCUT2D eigenvalue weighted by molar-refractivity contribution is 0.100. The average Bonchev–Trinajstić information content (AvgIpc) is 3.41. The molecule has 3 N–H and O–H groups in total. The van der Waals surface area contributed by atoms with Crippen LogP contribution in [0.2, 0.25) is 0 Å². The zero-order valence-electron chi connectivity index (χ0n) is 22.7. The second kappa shape index (κ2) is 9.71. The Morgan fingerprint density at radius 1 is 1.02 bits per heavy atom. The van der Waals surface area contributed by atoms with Crippen LogP contribution in [0.1, 0.15) is 52.5 Å². The Kier molecular flexibility index (Phi) is 6.09. The summed E-state index contributed by atoms with van der Waals surface area (Å²) in [7, 11) is -3.24. The van der Waals surface area contributed by atoms with Crippen LogP contribution in [0.4, 0.5) is 5.82 Å². The van der Waals surface area contributed by atoms with Crippen molar-refractivity contribution in [1.29, 1.82) is 0 Å². The minimum absolute atomic E-state index is 0.0136. The standard InChI is InChI=1S/C30H31N7O3S/c1-19-16-24-23(28(31)38)8-5-9-26(24)36(19)30-33-29(32-17-20-6-3-2-4-7-20)27-13-12-25(37(27)34-30)21-14-15-35(18-21)41(39,40)22-10-11-22/h2-9,12-13,16,21-22H,10-11,14-15,17-18H2,1H3,(H2,31,38)(H,32,33,34). The molecule has 1 unspecified atom stereocenters. The molecule has 5 aromatic rings. The van der Waals surface area contributed by atoms with Crippen LogP contribution >= 0.6 is 0 Å². The highest BCUT2D eigenvalue weighted by molar-refractivity contribution is 7.90. The summed E-state index contributed by atoms with van der Waals surface area (Å²) in [6.07, 6.45) is 2.25. The second-order valence-electron chi connectivity index (χ2n) is 11.0. The quantitative estimate of drug-likeness (QED) is 0.291. The van der Waals surface area contributed by atoms with E-state index in [-0.39, 0.29) is 11.2 Å². The molecule has 1 aliphatic heterocycles. The lowest BCUT2D eigenvalue weighted by Crippen LogP contribution is -2.31. The number of amides is 1. The number of nitrogens with zero attached hydrogens (tertiary/aromatic N) is 5. The summed E-state index contributed by atoms with van der Waals surface area (Å²) >= 11 is 0. The molecular weight excluding hydrogens is 538 g/mol. The average molecular weight is 570 g/mol. The Balaban J connectivity index is 1.34. The fourth-order valence-corrected chi connectivity index (χ4v) is 7.84. The SMILES string of the molecule is Cc1cc2c(C(N)=O)cccc2n1-c1nc(NCc2ccccc2)c2ccc(C3CCN(S(=O)(=O)C4CC4)C3)n2n1. The summed E-state index contributed by atoms with van der Waals surface area (Å²) in [4.78, 5) is 17.1. The van der Waals surface area contributed by atoms with Crippen LogP contribution in [-0.4, -0.2) is 56.1 Å². The monoisotopic (exact) mass is 569 g/mol. The van der Waals surface area contributed by atoms with Gasteiger partial charge in [0, 0.05) is 47.9 Å². The van der Waals surface area contributed by atoms with E-state index in [1.165, 1.54) is 0 Å². The number of nitrogens with one attached hydrogen (secondary N) is 1. The van der Waals surface area contributed by atoms with E-state index in [4.69, 9.17) is 15.8 Å². The van der Waals surface area contributed by atoms with Crippen molar-refractivity contribution in [3.63, 3.8) is 0 Å². The van der Waals surface area contributed by atoms with Gasteiger partial charge in [-0.25, -0.2) is 17.2 Å². The van der Waals surface area contributed by atoms with Gasteiger partial charge in [0.1, 0.15) is 5.52 Å². The molecule has 1 aliphatic carbocycles. The molecule has 210 valence electrons. The molecule has 0 bridgehead atoms. The lowest BCUT2D eigenvalue weighted by Gasteiger charge is -2.17. The van der Waals surface area contributed by atoms with Gasteiger partial charge >= 0.3 is 0 Å². The zero-order valence-corrected chi connectivity index (χ0v) is 23.5. The molecule has 1 saturated heterocycles. The van der Waals surface area contributed by atoms with Crippen molar-refractivity contribution >= 4 is 38.2 Å². The van der Waals surface area contributed by atoms with Gasteiger partial charge in [0.25, 0.3) is 5.95 Å². The lowest BCUT2D eigenvalue weighted by atomic mass is 10.1. The van der Waals surface area contributed by atoms with E-state index in [0.29, 0.717) is 37.0 Å². The van der Waals surface area contributed by atoms with Gasteiger partial charge in [0.2, 0.25) is 15.9 Å². The van der Waals surface area contributed by atoms with E-state index in [2.05, 4.69) is 17.4 Å². The molecular formula is C30H31N7O3S. The van der Waals surface area contributed by atoms with Crippen molar-refractivity contribution in [2.45, 2.75) is 43.9 Å². The molecule has 1 amide bonds. The van der Waals surface area contributed by atoms with Crippen LogP contribution in [0.5, 0.6) is 0 Å². The van der Waals surface area contributed by atoms with Gasteiger partial charge in [-0.2, -0.15) is 4.98 Å². The molecule has 2 aliphatic rings. The van der Waals surface area contributed by atoms with Gasteiger partial charge in [-0.15, -0.1) is 5.10 Å². The first-order chi connectivity index (χ1) is 19.8. The molecule has 11 heteroatoms. The number of sulfonamides is 1. The fourth-order valence-electron chi connectivity index (χ4n) is 5.94. The third kappa shape index (κ3) is 4.45. The van der Waals surface area contributed by atoms with Gasteiger partial charge in [-0.3, -0.25) is 9.36 Å². The molecule has 41 heavy (non-hydrogen) atoms. The molecule has 1 atom stereocenters. The number of aryl methyl sites for hydroxylation is 1. The number of hydrogen-bond acceptors (Lipinski definition) is 6. The molecule has 2 fully saturated rings. The van der Waals surface area contributed by atoms with Crippen LogP contribution in [0.25, 0.3) is 22.4 Å². The van der Waals surface area contributed by atoms with Crippen LogP contribution in [0.3, 0.4) is 0 Å². The Morgan fingerprint density at radius 2 is 1.83 bits per heavy atom. The molecule has 2 aromatic carbocycles. The summed E-state index contributed by atoms with van der Waals surface area (Å²) in [5.41, 5.74) is 10.6. The number of nitrogens with two attached hydrogens (primary N) is 1. The van der Waals surface area contributed by atoms with Crippen molar-refractivity contribution in [3.8, 4) is 5.95 Å². The highest BCUT2D eigenvalue weighted by Gasteiger charge is 2.43. The van der Waals surface area contributed by atoms with Gasteiger partial charge in [0.05, 0.1) is 10.8 Å². The van der Waals surface area contributed by atoms with E-state index in [9.17, 15) is 13.2 Å². The normalized spacial score (nSPS) is 17.9. The number of carbonyl (C=O) groups excluding carboxylic acids is 1. The number of hydrogen-bond donors (Lipinski definition) is 2. The maximum Gasteiger partial charge on any atom is 0.254 e. The number of rotatable bonds is 8. The van der Waals surface area contributed by atoms with E-state index in [1.54, 1.807) is 16.4 Å². The third-order valence-corrected chi connectivity index (χ3v) is 10.6. The predicted molar refractivity (Wildman–Crippen MR) is 158 cm³/mol. The minimum Gasteiger partial charge on any atom is -0.366 e. The minimum atomic E-state index is -3.24. The molecule has 0 radical (unpaired) electrons. The first-order valence-electron chi connectivity index (χ1n) is 13.9. The maximum atomic E-state index is 12.9. The number of fused-ring (bicyclic) bond motifs is 2. The number of primary amides is 1. The van der Waals surface area contributed by atoms with Gasteiger partial charge in [-0.1, -0.05) is 36.4 Å². The first kappa shape index (κ1) is 25.7. The molecule has 0 spiro atoms. The number of carbonyl (C=O) groups is 1. The van der Waals surface area contributed by atoms with E-state index in [1.807, 2.05) is 58.5 Å². The molecule has 4 heterocycles. The number of benzene rings is 2. The van der Waals surface area contributed by atoms with Crippen molar-refractivity contribution in [2.75, 3.05) is 18.4 Å². The van der Waals surface area contributed by atoms with Crippen molar-refractivity contribution in [2.24, 2.45) is 5.73 Å². The largest absolute Gasteiger partial charge is 0.366 e.